The topological polar surface area (TPSA) is 42.6 Å². The second kappa shape index (κ2) is 7.89. The molecule has 0 amide bonds. The molecule has 0 unspecified atom stereocenters. The quantitative estimate of drug-likeness (QED) is 0.596. The molecule has 1 aromatic carbocycles. The lowest BCUT2D eigenvalue weighted by atomic mass is 9.99. The summed E-state index contributed by atoms with van der Waals surface area (Å²) in [6, 6.07) is 8.23. The van der Waals surface area contributed by atoms with Crippen molar-refractivity contribution >= 4 is 35.3 Å². The second-order valence-corrected chi connectivity index (χ2v) is 6.32. The van der Waals surface area contributed by atoms with E-state index in [4.69, 9.17) is 17.5 Å². The third kappa shape index (κ3) is 3.90. The van der Waals surface area contributed by atoms with Gasteiger partial charge in [-0.05, 0) is 43.8 Å². The lowest BCUT2D eigenvalue weighted by Crippen LogP contribution is -2.21. The van der Waals surface area contributed by atoms with Gasteiger partial charge in [0.05, 0.1) is 23.9 Å². The van der Waals surface area contributed by atoms with Crippen LogP contribution in [0.25, 0.3) is 0 Å². The monoisotopic (exact) mass is 338 g/mol. The van der Waals surface area contributed by atoms with Crippen LogP contribution < -0.4 is 4.90 Å². The van der Waals surface area contributed by atoms with E-state index >= 15 is 0 Å². The number of hydrogen-bond donors (Lipinski definition) is 0. The van der Waals surface area contributed by atoms with Crippen molar-refractivity contribution in [2.24, 2.45) is 4.99 Å². The number of allylic oxidation sites excluding steroid dienone is 4. The molecule has 5 heteroatoms. The molecule has 4 nitrogen and oxygen atoms in total. The van der Waals surface area contributed by atoms with E-state index in [0.717, 1.165) is 34.8 Å². The largest absolute Gasteiger partial charge is 0.368 e. The van der Waals surface area contributed by atoms with Gasteiger partial charge in [-0.2, -0.15) is 5.26 Å². The minimum Gasteiger partial charge on any atom is -0.368 e. The Kier molecular flexibility index (Phi) is 5.88. The van der Waals surface area contributed by atoms with E-state index in [1.807, 2.05) is 44.2 Å². The lowest BCUT2D eigenvalue weighted by Gasteiger charge is -2.27. The number of rotatable bonds is 5. The van der Waals surface area contributed by atoms with Gasteiger partial charge in [-0.25, -0.2) is 0 Å². The highest BCUT2D eigenvalue weighted by molar-refractivity contribution is 7.80. The summed E-state index contributed by atoms with van der Waals surface area (Å²) in [4.78, 5) is 8.99. The van der Waals surface area contributed by atoms with Crippen LogP contribution in [-0.2, 0) is 0 Å². The SMILES string of the molecule is C=Nc1cc(C(=S)N(C)C)ccc1N(C)C1=CC=C(CC#N)CC1. The summed E-state index contributed by atoms with van der Waals surface area (Å²) in [5, 5.41) is 8.79. The van der Waals surface area contributed by atoms with Crippen molar-refractivity contribution < 1.29 is 0 Å². The molecule has 2 rings (SSSR count). The van der Waals surface area contributed by atoms with Crippen LogP contribution in [-0.4, -0.2) is 37.7 Å². The smallest absolute Gasteiger partial charge is 0.108 e. The molecule has 0 aliphatic heterocycles. The summed E-state index contributed by atoms with van der Waals surface area (Å²) in [5.74, 6) is 0. The molecule has 0 spiro atoms. The number of nitrogens with zero attached hydrogens (tertiary/aromatic N) is 4. The molecule has 0 fully saturated rings. The number of anilines is 1. The maximum Gasteiger partial charge on any atom is 0.108 e. The van der Waals surface area contributed by atoms with Crippen LogP contribution in [0, 0.1) is 11.3 Å². The molecule has 1 aromatic rings. The van der Waals surface area contributed by atoms with Gasteiger partial charge in [0.25, 0.3) is 0 Å². The molecular weight excluding hydrogens is 316 g/mol. The summed E-state index contributed by atoms with van der Waals surface area (Å²) in [7, 11) is 5.89. The molecular formula is C19H22N4S. The molecule has 124 valence electrons. The molecule has 0 aromatic heterocycles. The van der Waals surface area contributed by atoms with Gasteiger partial charge in [0.15, 0.2) is 0 Å². The number of aliphatic imine (C=N–C) groups is 1. The Hall–Kier alpha value is -2.45. The summed E-state index contributed by atoms with van der Waals surface area (Å²) in [6.07, 6.45) is 6.47. The molecule has 0 saturated carbocycles. The Bertz CT molecular complexity index is 753. The highest BCUT2D eigenvalue weighted by Crippen LogP contribution is 2.34. The van der Waals surface area contributed by atoms with Crippen LogP contribution in [0.3, 0.4) is 0 Å². The van der Waals surface area contributed by atoms with Gasteiger partial charge in [-0.15, -0.1) is 0 Å². The Morgan fingerprint density at radius 3 is 2.58 bits per heavy atom. The third-order valence-corrected chi connectivity index (χ3v) is 4.71. The molecule has 24 heavy (non-hydrogen) atoms. The first-order valence-corrected chi connectivity index (χ1v) is 8.20. The molecule has 1 aliphatic rings. The van der Waals surface area contributed by atoms with Crippen molar-refractivity contribution in [3.63, 3.8) is 0 Å². The van der Waals surface area contributed by atoms with Crippen LogP contribution in [0.15, 0.2) is 46.6 Å². The minimum absolute atomic E-state index is 0.504. The molecule has 0 heterocycles. The summed E-state index contributed by atoms with van der Waals surface area (Å²) in [5.41, 5.74) is 5.15. The van der Waals surface area contributed by atoms with Crippen molar-refractivity contribution in [2.45, 2.75) is 19.3 Å². The van der Waals surface area contributed by atoms with Crippen molar-refractivity contribution in [3.05, 3.63) is 47.2 Å². The van der Waals surface area contributed by atoms with Crippen LogP contribution in [0.1, 0.15) is 24.8 Å². The highest BCUT2D eigenvalue weighted by Gasteiger charge is 2.15. The van der Waals surface area contributed by atoms with Crippen LogP contribution in [0.4, 0.5) is 11.4 Å². The van der Waals surface area contributed by atoms with Gasteiger partial charge in [0.2, 0.25) is 0 Å². The first kappa shape index (κ1) is 17.9. The average molecular weight is 338 g/mol. The van der Waals surface area contributed by atoms with E-state index < -0.39 is 0 Å². The average Bonchev–Trinajstić information content (AvgIpc) is 2.60. The normalized spacial score (nSPS) is 13.4. The van der Waals surface area contributed by atoms with Crippen molar-refractivity contribution in [1.82, 2.24) is 4.90 Å². The Morgan fingerprint density at radius 2 is 2.04 bits per heavy atom. The summed E-state index contributed by atoms with van der Waals surface area (Å²) in [6.45, 7) is 3.70. The van der Waals surface area contributed by atoms with E-state index in [9.17, 15) is 0 Å². The third-order valence-electron chi connectivity index (χ3n) is 4.11. The first-order chi connectivity index (χ1) is 11.5. The molecule has 0 N–H and O–H groups in total. The number of nitriles is 1. The molecule has 0 atom stereocenters. The zero-order valence-electron chi connectivity index (χ0n) is 14.4. The highest BCUT2D eigenvalue weighted by atomic mass is 32.1. The van der Waals surface area contributed by atoms with Gasteiger partial charge >= 0.3 is 0 Å². The fourth-order valence-electron chi connectivity index (χ4n) is 2.68. The van der Waals surface area contributed by atoms with Gasteiger partial charge < -0.3 is 9.80 Å². The fraction of sp³-hybridized carbons (Fsp3) is 0.316. The van der Waals surface area contributed by atoms with Gasteiger partial charge in [0, 0.05) is 32.4 Å². The van der Waals surface area contributed by atoms with Crippen molar-refractivity contribution in [2.75, 3.05) is 26.0 Å². The van der Waals surface area contributed by atoms with E-state index in [0.29, 0.717) is 6.42 Å². The molecule has 0 radical (unpaired) electrons. The fourth-order valence-corrected chi connectivity index (χ4v) is 2.80. The predicted molar refractivity (Wildman–Crippen MR) is 105 cm³/mol. The molecule has 1 aliphatic carbocycles. The maximum atomic E-state index is 8.79. The van der Waals surface area contributed by atoms with Crippen molar-refractivity contribution in [1.29, 1.82) is 5.26 Å². The molecule has 0 bridgehead atoms. The van der Waals surface area contributed by atoms with Crippen molar-refractivity contribution in [3.8, 4) is 6.07 Å². The Balaban J connectivity index is 2.30. The summed E-state index contributed by atoms with van der Waals surface area (Å²) < 4.78 is 0. The van der Waals surface area contributed by atoms with E-state index in [-0.39, 0.29) is 0 Å². The van der Waals surface area contributed by atoms with Crippen LogP contribution in [0.5, 0.6) is 0 Å². The van der Waals surface area contributed by atoms with E-state index in [2.05, 4.69) is 34.8 Å². The van der Waals surface area contributed by atoms with Gasteiger partial charge in [0.1, 0.15) is 4.99 Å². The standard InChI is InChI=1S/C19H22N4S/c1-21-17-13-15(19(24)22(2)3)7-10-18(17)23(4)16-8-5-14(6-9-16)11-12-20/h5,7-8,10,13H,1,6,9,11H2,2-4H3. The first-order valence-electron chi connectivity index (χ1n) is 7.79. The number of thiocarbonyl (C=S) groups is 1. The minimum atomic E-state index is 0.504. The van der Waals surface area contributed by atoms with Crippen LogP contribution >= 0.6 is 12.2 Å². The number of hydrogen-bond acceptors (Lipinski definition) is 4. The van der Waals surface area contributed by atoms with E-state index in [1.54, 1.807) is 0 Å². The predicted octanol–water partition coefficient (Wildman–Crippen LogP) is 4.21. The van der Waals surface area contributed by atoms with Crippen LogP contribution in [0.2, 0.25) is 0 Å². The Morgan fingerprint density at radius 1 is 1.29 bits per heavy atom. The van der Waals surface area contributed by atoms with E-state index in [1.165, 1.54) is 11.3 Å². The zero-order chi connectivity index (χ0) is 17.7. The number of benzene rings is 1. The summed E-state index contributed by atoms with van der Waals surface area (Å²) >= 11 is 5.43. The lowest BCUT2D eigenvalue weighted by molar-refractivity contribution is 0.636. The molecule has 0 saturated heterocycles. The van der Waals surface area contributed by atoms with Gasteiger partial charge in [-0.3, -0.25) is 4.99 Å². The zero-order valence-corrected chi connectivity index (χ0v) is 15.2. The second-order valence-electron chi connectivity index (χ2n) is 5.94. The van der Waals surface area contributed by atoms with Gasteiger partial charge in [-0.1, -0.05) is 23.9 Å². The maximum absolute atomic E-state index is 8.79. The Labute approximate surface area is 149 Å².